The highest BCUT2D eigenvalue weighted by molar-refractivity contribution is 5.31. The summed E-state index contributed by atoms with van der Waals surface area (Å²) in [4.78, 5) is 9.24. The molecule has 0 aliphatic carbocycles. The van der Waals surface area contributed by atoms with E-state index in [1.54, 1.807) is 0 Å². The topological polar surface area (TPSA) is 28.6 Å². The molecule has 4 rings (SSSR count). The van der Waals surface area contributed by atoms with E-state index in [0.29, 0.717) is 12.6 Å². The second-order valence-corrected chi connectivity index (χ2v) is 7.86. The van der Waals surface area contributed by atoms with E-state index in [1.807, 2.05) is 24.5 Å². The number of pyridine rings is 1. The molecule has 30 heavy (non-hydrogen) atoms. The van der Waals surface area contributed by atoms with Gasteiger partial charge in [0.1, 0.15) is 0 Å². The predicted octanol–water partition coefficient (Wildman–Crippen LogP) is 4.40. The molecule has 156 valence electrons. The van der Waals surface area contributed by atoms with E-state index in [4.69, 9.17) is 4.74 Å². The summed E-state index contributed by atoms with van der Waals surface area (Å²) in [6, 6.07) is 26.1. The fourth-order valence-corrected chi connectivity index (χ4v) is 4.19. The third kappa shape index (κ3) is 5.76. The molecule has 1 saturated heterocycles. The van der Waals surface area contributed by atoms with E-state index in [9.17, 15) is 0 Å². The fourth-order valence-electron chi connectivity index (χ4n) is 4.19. The Labute approximate surface area is 180 Å². The van der Waals surface area contributed by atoms with E-state index in [1.165, 1.54) is 16.7 Å². The number of hydrogen-bond donors (Lipinski definition) is 0. The van der Waals surface area contributed by atoms with Crippen LogP contribution in [0.15, 0.2) is 85.2 Å². The van der Waals surface area contributed by atoms with Crippen LogP contribution in [0.2, 0.25) is 0 Å². The first-order valence-electron chi connectivity index (χ1n) is 10.9. The molecule has 1 aromatic heterocycles. The molecule has 0 unspecified atom stereocenters. The molecule has 1 aliphatic rings. The van der Waals surface area contributed by atoms with Gasteiger partial charge in [-0.05, 0) is 35.2 Å². The van der Waals surface area contributed by atoms with Gasteiger partial charge in [-0.15, -0.1) is 0 Å². The number of hydrogen-bond acceptors (Lipinski definition) is 4. The van der Waals surface area contributed by atoms with Crippen LogP contribution < -0.4 is 0 Å². The maximum Gasteiger partial charge on any atom is 0.0717 e. The minimum Gasteiger partial charge on any atom is -0.377 e. The third-order valence-electron chi connectivity index (χ3n) is 5.78. The van der Waals surface area contributed by atoms with Crippen molar-refractivity contribution in [2.45, 2.75) is 19.1 Å². The second kappa shape index (κ2) is 11.0. The van der Waals surface area contributed by atoms with Crippen LogP contribution >= 0.6 is 0 Å². The summed E-state index contributed by atoms with van der Waals surface area (Å²) < 4.78 is 5.82. The lowest BCUT2D eigenvalue weighted by Crippen LogP contribution is -2.48. The van der Waals surface area contributed by atoms with Gasteiger partial charge in [-0.25, -0.2) is 0 Å². The SMILES string of the molecule is c1ccc(C(c2ccccc2)N2CCN(CCCOCc3ccncc3)CC2)cc1. The molecule has 4 nitrogen and oxygen atoms in total. The third-order valence-corrected chi connectivity index (χ3v) is 5.78. The van der Waals surface area contributed by atoms with Gasteiger partial charge in [0.05, 0.1) is 12.6 Å². The number of aromatic nitrogens is 1. The monoisotopic (exact) mass is 401 g/mol. The molecule has 2 heterocycles. The first kappa shape index (κ1) is 20.7. The fraction of sp³-hybridized carbons (Fsp3) is 0.346. The summed E-state index contributed by atoms with van der Waals surface area (Å²) in [7, 11) is 0. The van der Waals surface area contributed by atoms with E-state index in [-0.39, 0.29) is 0 Å². The number of rotatable bonds is 9. The molecule has 0 saturated carbocycles. The van der Waals surface area contributed by atoms with Gasteiger partial charge in [0.2, 0.25) is 0 Å². The lowest BCUT2D eigenvalue weighted by atomic mass is 9.96. The van der Waals surface area contributed by atoms with Crippen LogP contribution in [0.3, 0.4) is 0 Å². The van der Waals surface area contributed by atoms with Gasteiger partial charge >= 0.3 is 0 Å². The molecule has 2 aromatic carbocycles. The van der Waals surface area contributed by atoms with Crippen LogP contribution in [0, 0.1) is 0 Å². The predicted molar refractivity (Wildman–Crippen MR) is 121 cm³/mol. The summed E-state index contributed by atoms with van der Waals surface area (Å²) in [5, 5.41) is 0. The largest absolute Gasteiger partial charge is 0.377 e. The number of nitrogens with zero attached hydrogens (tertiary/aromatic N) is 3. The van der Waals surface area contributed by atoms with Crippen molar-refractivity contribution in [3.05, 3.63) is 102 Å². The average molecular weight is 402 g/mol. The van der Waals surface area contributed by atoms with Crippen molar-refractivity contribution in [1.29, 1.82) is 0 Å². The Kier molecular flexibility index (Phi) is 7.62. The Morgan fingerprint density at radius 1 is 0.767 bits per heavy atom. The quantitative estimate of drug-likeness (QED) is 0.497. The molecule has 4 heteroatoms. The minimum absolute atomic E-state index is 0.332. The van der Waals surface area contributed by atoms with Crippen LogP contribution in [-0.4, -0.2) is 54.1 Å². The van der Waals surface area contributed by atoms with Crippen LogP contribution in [0.4, 0.5) is 0 Å². The van der Waals surface area contributed by atoms with E-state index in [0.717, 1.165) is 45.8 Å². The highest BCUT2D eigenvalue weighted by atomic mass is 16.5. The minimum atomic E-state index is 0.332. The molecule has 0 bridgehead atoms. The summed E-state index contributed by atoms with van der Waals surface area (Å²) in [5.74, 6) is 0. The molecule has 0 amide bonds. The van der Waals surface area contributed by atoms with Gasteiger partial charge in [-0.1, -0.05) is 60.7 Å². The zero-order chi connectivity index (χ0) is 20.4. The van der Waals surface area contributed by atoms with Crippen LogP contribution in [0.5, 0.6) is 0 Å². The Morgan fingerprint density at radius 3 is 1.97 bits per heavy atom. The Bertz CT molecular complexity index is 810. The molecule has 1 aliphatic heterocycles. The van der Waals surface area contributed by atoms with Crippen molar-refractivity contribution < 1.29 is 4.74 Å². The Morgan fingerprint density at radius 2 is 1.37 bits per heavy atom. The van der Waals surface area contributed by atoms with Gasteiger partial charge in [-0.3, -0.25) is 9.88 Å². The van der Waals surface area contributed by atoms with Gasteiger partial charge in [-0.2, -0.15) is 0 Å². The summed E-state index contributed by atoms with van der Waals surface area (Å²) in [6.07, 6.45) is 4.71. The molecular formula is C26H31N3O. The highest BCUT2D eigenvalue weighted by Crippen LogP contribution is 2.29. The first-order chi connectivity index (χ1) is 14.9. The summed E-state index contributed by atoms with van der Waals surface area (Å²) in [6.45, 7) is 6.98. The van der Waals surface area contributed by atoms with Gasteiger partial charge in [0.15, 0.2) is 0 Å². The molecule has 0 radical (unpaired) electrons. The van der Waals surface area contributed by atoms with Crippen LogP contribution in [0.25, 0.3) is 0 Å². The lowest BCUT2D eigenvalue weighted by Gasteiger charge is -2.39. The van der Waals surface area contributed by atoms with E-state index >= 15 is 0 Å². The first-order valence-corrected chi connectivity index (χ1v) is 10.9. The number of piperazine rings is 1. The molecule has 0 spiro atoms. The second-order valence-electron chi connectivity index (χ2n) is 7.86. The van der Waals surface area contributed by atoms with Gasteiger partial charge in [0.25, 0.3) is 0 Å². The number of benzene rings is 2. The van der Waals surface area contributed by atoms with Crippen molar-refractivity contribution in [3.8, 4) is 0 Å². The standard InChI is InChI=1S/C26H31N3O/c1-3-8-24(9-4-1)26(25-10-5-2-6-11-25)29-19-17-28(18-20-29)16-7-21-30-22-23-12-14-27-15-13-23/h1-6,8-15,26H,7,16-22H2. The normalized spacial score (nSPS) is 15.5. The lowest BCUT2D eigenvalue weighted by molar-refractivity contribution is 0.0832. The molecule has 0 atom stereocenters. The molecule has 3 aromatic rings. The van der Waals surface area contributed by atoms with E-state index < -0.39 is 0 Å². The zero-order valence-corrected chi connectivity index (χ0v) is 17.6. The van der Waals surface area contributed by atoms with Crippen molar-refractivity contribution >= 4 is 0 Å². The number of ether oxygens (including phenoxy) is 1. The Balaban J connectivity index is 1.25. The summed E-state index contributed by atoms with van der Waals surface area (Å²) in [5.41, 5.74) is 3.94. The Hall–Kier alpha value is -2.53. The van der Waals surface area contributed by atoms with Crippen molar-refractivity contribution in [1.82, 2.24) is 14.8 Å². The van der Waals surface area contributed by atoms with Gasteiger partial charge in [0, 0.05) is 51.7 Å². The van der Waals surface area contributed by atoms with Gasteiger partial charge < -0.3 is 9.64 Å². The van der Waals surface area contributed by atoms with Crippen molar-refractivity contribution in [2.75, 3.05) is 39.3 Å². The van der Waals surface area contributed by atoms with Crippen LogP contribution in [-0.2, 0) is 11.3 Å². The zero-order valence-electron chi connectivity index (χ0n) is 17.6. The highest BCUT2D eigenvalue weighted by Gasteiger charge is 2.26. The van der Waals surface area contributed by atoms with E-state index in [2.05, 4.69) is 75.4 Å². The molecule has 1 fully saturated rings. The maximum atomic E-state index is 5.82. The molecule has 0 N–H and O–H groups in total. The average Bonchev–Trinajstić information content (AvgIpc) is 2.82. The maximum absolute atomic E-state index is 5.82. The van der Waals surface area contributed by atoms with Crippen molar-refractivity contribution in [2.24, 2.45) is 0 Å². The summed E-state index contributed by atoms with van der Waals surface area (Å²) >= 11 is 0. The molecular weight excluding hydrogens is 370 g/mol. The smallest absolute Gasteiger partial charge is 0.0717 e. The van der Waals surface area contributed by atoms with Crippen LogP contribution in [0.1, 0.15) is 29.2 Å². The van der Waals surface area contributed by atoms with Crippen molar-refractivity contribution in [3.63, 3.8) is 0 Å².